The molecular weight excluding hydrogens is 607 g/mol. The standard InChI is InChI=1S/C39H55N3O4S/c1-4-5-6-7-8-9-10-11-17-38(44)46-30-42-35-28-31(18-19-33(35)39(2,3)29-37(42)43)45-26-13-12-21-40-22-24-41(25-23-40)34-15-14-16-36-32(34)20-27-47-36/h14-16,18-20,27-28H,4-13,17,21-26,29-30H2,1-3H3. The molecule has 0 spiro atoms. The number of fused-ring (bicyclic) bond motifs is 2. The fourth-order valence-electron chi connectivity index (χ4n) is 6.95. The van der Waals surface area contributed by atoms with Gasteiger partial charge < -0.3 is 14.4 Å². The summed E-state index contributed by atoms with van der Waals surface area (Å²) in [4.78, 5) is 32.4. The van der Waals surface area contributed by atoms with Gasteiger partial charge in [0.2, 0.25) is 5.91 Å². The molecule has 0 bridgehead atoms. The summed E-state index contributed by atoms with van der Waals surface area (Å²) in [6.45, 7) is 12.4. The number of nitrogens with zero attached hydrogens (tertiary/aromatic N) is 3. The van der Waals surface area contributed by atoms with E-state index < -0.39 is 0 Å². The molecule has 1 aromatic heterocycles. The van der Waals surface area contributed by atoms with E-state index in [4.69, 9.17) is 9.47 Å². The molecule has 5 rings (SSSR count). The topological polar surface area (TPSA) is 62.3 Å². The van der Waals surface area contributed by atoms with Gasteiger partial charge in [-0.15, -0.1) is 11.3 Å². The van der Waals surface area contributed by atoms with Crippen molar-refractivity contribution >= 4 is 44.7 Å². The van der Waals surface area contributed by atoms with E-state index in [1.54, 1.807) is 4.90 Å². The first-order chi connectivity index (χ1) is 22.9. The summed E-state index contributed by atoms with van der Waals surface area (Å²) < 4.78 is 13.2. The monoisotopic (exact) mass is 661 g/mol. The lowest BCUT2D eigenvalue weighted by atomic mass is 9.77. The third kappa shape index (κ3) is 9.73. The molecule has 3 heterocycles. The summed E-state index contributed by atoms with van der Waals surface area (Å²) >= 11 is 1.81. The Kier molecular flexibility index (Phi) is 13.0. The largest absolute Gasteiger partial charge is 0.494 e. The van der Waals surface area contributed by atoms with E-state index in [0.717, 1.165) is 81.8 Å². The van der Waals surface area contributed by atoms with Crippen LogP contribution in [0, 0.1) is 0 Å². The van der Waals surface area contributed by atoms with E-state index in [0.29, 0.717) is 19.4 Å². The third-order valence-corrected chi connectivity index (χ3v) is 10.7. The van der Waals surface area contributed by atoms with E-state index in [1.165, 1.54) is 47.9 Å². The van der Waals surface area contributed by atoms with Crippen molar-refractivity contribution in [2.75, 3.05) is 55.9 Å². The minimum absolute atomic E-state index is 0.0216. The SMILES string of the molecule is CCCCCCCCCCC(=O)OCN1C(=O)CC(C)(C)c2ccc(OCCCCN3CCN(c4cccc5sccc45)CC3)cc21. The predicted molar refractivity (Wildman–Crippen MR) is 195 cm³/mol. The number of thiophene rings is 1. The van der Waals surface area contributed by atoms with Crippen LogP contribution in [0.5, 0.6) is 5.75 Å². The molecule has 47 heavy (non-hydrogen) atoms. The van der Waals surface area contributed by atoms with Crippen molar-refractivity contribution in [1.82, 2.24) is 4.90 Å². The first-order valence-corrected chi connectivity index (χ1v) is 18.9. The van der Waals surface area contributed by atoms with Crippen LogP contribution in [-0.2, 0) is 19.7 Å². The van der Waals surface area contributed by atoms with E-state index >= 15 is 0 Å². The number of piperazine rings is 1. The fourth-order valence-corrected chi connectivity index (χ4v) is 7.75. The zero-order valence-corrected chi connectivity index (χ0v) is 29.8. The summed E-state index contributed by atoms with van der Waals surface area (Å²) in [6.07, 6.45) is 12.3. The highest BCUT2D eigenvalue weighted by Crippen LogP contribution is 2.42. The van der Waals surface area contributed by atoms with Gasteiger partial charge in [-0.2, -0.15) is 0 Å². The van der Waals surface area contributed by atoms with E-state index in [1.807, 2.05) is 23.5 Å². The number of benzene rings is 2. The van der Waals surface area contributed by atoms with Gasteiger partial charge in [0.15, 0.2) is 6.73 Å². The maximum atomic E-state index is 13.2. The Morgan fingerprint density at radius 2 is 1.64 bits per heavy atom. The normalized spacial score (nSPS) is 16.4. The van der Waals surface area contributed by atoms with Crippen LogP contribution in [0.2, 0.25) is 0 Å². The van der Waals surface area contributed by atoms with Crippen LogP contribution >= 0.6 is 11.3 Å². The van der Waals surface area contributed by atoms with Gasteiger partial charge in [0.1, 0.15) is 5.75 Å². The molecule has 8 heteroatoms. The number of hydrogen-bond donors (Lipinski definition) is 0. The van der Waals surface area contributed by atoms with Gasteiger partial charge in [-0.1, -0.05) is 77.8 Å². The molecule has 1 saturated heterocycles. The lowest BCUT2D eigenvalue weighted by Gasteiger charge is -2.38. The van der Waals surface area contributed by atoms with Gasteiger partial charge in [-0.25, -0.2) is 0 Å². The van der Waals surface area contributed by atoms with Gasteiger partial charge in [0.25, 0.3) is 0 Å². The zero-order valence-electron chi connectivity index (χ0n) is 28.9. The number of unbranched alkanes of at least 4 members (excludes halogenated alkanes) is 8. The maximum absolute atomic E-state index is 13.2. The van der Waals surface area contributed by atoms with Crippen LogP contribution in [0.25, 0.3) is 10.1 Å². The van der Waals surface area contributed by atoms with Crippen molar-refractivity contribution in [2.45, 2.75) is 103 Å². The van der Waals surface area contributed by atoms with Gasteiger partial charge in [0.05, 0.1) is 12.3 Å². The molecule has 7 nitrogen and oxygen atoms in total. The number of ether oxygens (including phenoxy) is 2. The number of esters is 1. The highest BCUT2D eigenvalue weighted by molar-refractivity contribution is 7.17. The third-order valence-electron chi connectivity index (χ3n) is 9.80. The first-order valence-electron chi connectivity index (χ1n) is 18.0. The summed E-state index contributed by atoms with van der Waals surface area (Å²) in [5.74, 6) is 0.496. The molecule has 0 unspecified atom stereocenters. The van der Waals surface area contributed by atoms with Crippen LogP contribution in [0.15, 0.2) is 47.8 Å². The quantitative estimate of drug-likeness (QED) is 0.100. The minimum atomic E-state index is -0.289. The van der Waals surface area contributed by atoms with Crippen molar-refractivity contribution < 1.29 is 19.1 Å². The van der Waals surface area contributed by atoms with Crippen LogP contribution < -0.4 is 14.5 Å². The van der Waals surface area contributed by atoms with Crippen molar-refractivity contribution in [3.63, 3.8) is 0 Å². The summed E-state index contributed by atoms with van der Waals surface area (Å²) in [6, 6.07) is 14.9. The second-order valence-corrected chi connectivity index (χ2v) is 14.9. The van der Waals surface area contributed by atoms with Crippen molar-refractivity contribution in [1.29, 1.82) is 0 Å². The van der Waals surface area contributed by atoms with Gasteiger partial charge >= 0.3 is 5.97 Å². The molecular formula is C39H55N3O4S. The smallest absolute Gasteiger partial charge is 0.307 e. The molecule has 0 atom stereocenters. The highest BCUT2D eigenvalue weighted by atomic mass is 32.1. The average Bonchev–Trinajstić information content (AvgIpc) is 3.55. The number of carbonyl (C=O) groups is 2. The van der Waals surface area contributed by atoms with Crippen molar-refractivity contribution in [2.24, 2.45) is 0 Å². The summed E-state index contributed by atoms with van der Waals surface area (Å²) in [5.41, 5.74) is 2.95. The number of hydrogen-bond acceptors (Lipinski definition) is 7. The zero-order chi connectivity index (χ0) is 33.1. The number of amides is 1. The van der Waals surface area contributed by atoms with Crippen LogP contribution in [0.4, 0.5) is 11.4 Å². The fraction of sp³-hybridized carbons (Fsp3) is 0.590. The predicted octanol–water partition coefficient (Wildman–Crippen LogP) is 8.93. The molecule has 0 radical (unpaired) electrons. The molecule has 0 N–H and O–H groups in total. The summed E-state index contributed by atoms with van der Waals surface area (Å²) in [7, 11) is 0. The molecule has 2 aromatic carbocycles. The average molecular weight is 662 g/mol. The van der Waals surface area contributed by atoms with Crippen LogP contribution in [0.3, 0.4) is 0 Å². The highest BCUT2D eigenvalue weighted by Gasteiger charge is 2.37. The molecule has 2 aliphatic rings. The Hall–Kier alpha value is -3.10. The second kappa shape index (κ2) is 17.3. The van der Waals surface area contributed by atoms with Gasteiger partial charge in [-0.05, 0) is 61.0 Å². The maximum Gasteiger partial charge on any atom is 0.307 e. The van der Waals surface area contributed by atoms with E-state index in [-0.39, 0.29) is 24.0 Å². The Labute approximate surface area is 286 Å². The molecule has 0 aliphatic carbocycles. The van der Waals surface area contributed by atoms with Gasteiger partial charge in [0, 0.05) is 66.3 Å². The van der Waals surface area contributed by atoms with E-state index in [2.05, 4.69) is 66.3 Å². The second-order valence-electron chi connectivity index (χ2n) is 13.9. The molecule has 1 amide bonds. The molecule has 256 valence electrons. The molecule has 1 fully saturated rings. The summed E-state index contributed by atoms with van der Waals surface area (Å²) in [5, 5.41) is 3.56. The Balaban J connectivity index is 1.03. The number of carbonyl (C=O) groups excluding carboxylic acids is 2. The molecule has 0 saturated carbocycles. The first kappa shape index (κ1) is 35.2. The lowest BCUT2D eigenvalue weighted by molar-refractivity contribution is -0.144. The Bertz CT molecular complexity index is 1440. The van der Waals surface area contributed by atoms with Crippen LogP contribution in [0.1, 0.15) is 103 Å². The molecule has 2 aliphatic heterocycles. The lowest BCUT2D eigenvalue weighted by Crippen LogP contribution is -2.46. The van der Waals surface area contributed by atoms with Crippen molar-refractivity contribution in [3.8, 4) is 5.75 Å². The van der Waals surface area contributed by atoms with Crippen LogP contribution in [-0.4, -0.2) is 62.8 Å². The Morgan fingerprint density at radius 3 is 2.43 bits per heavy atom. The number of anilines is 2. The van der Waals surface area contributed by atoms with Gasteiger partial charge in [-0.3, -0.25) is 19.4 Å². The minimum Gasteiger partial charge on any atom is -0.494 e. The van der Waals surface area contributed by atoms with E-state index in [9.17, 15) is 9.59 Å². The Morgan fingerprint density at radius 1 is 0.872 bits per heavy atom. The number of rotatable bonds is 18. The van der Waals surface area contributed by atoms with Crippen molar-refractivity contribution in [3.05, 3.63) is 53.4 Å². The molecule has 3 aromatic rings.